The molecule has 3 N–H and O–H groups in total. The highest BCUT2D eigenvalue weighted by Crippen LogP contribution is 2.42. The number of thiophene rings is 1. The van der Waals surface area contributed by atoms with Crippen molar-refractivity contribution in [3.63, 3.8) is 0 Å². The smallest absolute Gasteiger partial charge is 0.419 e. The molecular weight excluding hydrogens is 551 g/mol. The SMILES string of the molecule is CC(=O)Nc1cccc(-c2cc(S(=O)(=O)Nc3ccc(C(F)(F)F)c(O[C@]4(C)CCNC4)c3)sc2Cl)c1. The highest BCUT2D eigenvalue weighted by Gasteiger charge is 2.38. The summed E-state index contributed by atoms with van der Waals surface area (Å²) in [5, 5.41) is 5.70. The van der Waals surface area contributed by atoms with Crippen molar-refractivity contribution < 1.29 is 31.1 Å². The van der Waals surface area contributed by atoms with Gasteiger partial charge in [0.05, 0.1) is 11.3 Å². The lowest BCUT2D eigenvalue weighted by atomic mass is 10.1. The largest absolute Gasteiger partial charge is 0.485 e. The first-order valence-corrected chi connectivity index (χ1v) is 13.7. The van der Waals surface area contributed by atoms with Gasteiger partial charge in [0.15, 0.2) is 0 Å². The van der Waals surface area contributed by atoms with E-state index in [1.165, 1.54) is 13.0 Å². The Morgan fingerprint density at radius 1 is 1.16 bits per heavy atom. The van der Waals surface area contributed by atoms with Crippen molar-refractivity contribution >= 4 is 50.2 Å². The molecule has 0 bridgehead atoms. The summed E-state index contributed by atoms with van der Waals surface area (Å²) in [6, 6.07) is 11.0. The standard InChI is InChI=1S/C24H23ClF3N3O4S2/c1-14(32)30-16-5-3-4-15(10-16)18-12-21(36-22(18)25)37(33,34)31-17-6-7-19(24(26,27)28)20(11-17)35-23(2)8-9-29-13-23/h3-7,10-12,29,31H,8-9,13H2,1-2H3,(H,30,32)/t23-/m1/s1. The molecule has 0 radical (unpaired) electrons. The van der Waals surface area contributed by atoms with Gasteiger partial charge in [-0.2, -0.15) is 13.2 Å². The topological polar surface area (TPSA) is 96.5 Å². The minimum atomic E-state index is -4.68. The summed E-state index contributed by atoms with van der Waals surface area (Å²) >= 11 is 7.14. The molecule has 1 amide bonds. The second-order valence-electron chi connectivity index (χ2n) is 8.81. The average Bonchev–Trinajstić information content (AvgIpc) is 3.38. The summed E-state index contributed by atoms with van der Waals surface area (Å²) in [5.41, 5.74) is -0.423. The van der Waals surface area contributed by atoms with Gasteiger partial charge in [-0.3, -0.25) is 9.52 Å². The molecular formula is C24H23ClF3N3O4S2. The number of alkyl halides is 3. The molecule has 0 spiro atoms. The zero-order valence-electron chi connectivity index (χ0n) is 19.7. The van der Waals surface area contributed by atoms with Gasteiger partial charge >= 0.3 is 6.18 Å². The number of nitrogens with one attached hydrogen (secondary N) is 3. The molecule has 0 unspecified atom stereocenters. The summed E-state index contributed by atoms with van der Waals surface area (Å²) < 4.78 is 75.2. The van der Waals surface area contributed by atoms with Crippen molar-refractivity contribution in [1.29, 1.82) is 0 Å². The van der Waals surface area contributed by atoms with Gasteiger partial charge in [-0.1, -0.05) is 23.7 Å². The Hall–Kier alpha value is -2.80. The van der Waals surface area contributed by atoms with E-state index < -0.39 is 33.1 Å². The molecule has 37 heavy (non-hydrogen) atoms. The lowest BCUT2D eigenvalue weighted by molar-refractivity contribution is -0.139. The number of benzene rings is 2. The van der Waals surface area contributed by atoms with Crippen LogP contribution in [0.2, 0.25) is 4.34 Å². The fourth-order valence-corrected chi connectivity index (χ4v) is 6.72. The number of sulfonamides is 1. The Kier molecular flexibility index (Phi) is 7.48. The number of hydrogen-bond acceptors (Lipinski definition) is 6. The van der Waals surface area contributed by atoms with Crippen LogP contribution in [0.25, 0.3) is 11.1 Å². The van der Waals surface area contributed by atoms with Crippen molar-refractivity contribution in [2.45, 2.75) is 36.3 Å². The van der Waals surface area contributed by atoms with E-state index in [-0.39, 0.29) is 20.1 Å². The molecule has 0 saturated carbocycles. The third kappa shape index (κ3) is 6.38. The molecule has 1 aliphatic heterocycles. The first-order chi connectivity index (χ1) is 17.3. The molecule has 2 heterocycles. The first kappa shape index (κ1) is 27.2. The zero-order chi connectivity index (χ0) is 27.0. The van der Waals surface area contributed by atoms with E-state index in [1.807, 2.05) is 0 Å². The number of anilines is 2. The fourth-order valence-electron chi connectivity index (χ4n) is 3.90. The van der Waals surface area contributed by atoms with Crippen molar-refractivity contribution in [3.8, 4) is 16.9 Å². The molecule has 1 aliphatic rings. The lowest BCUT2D eigenvalue weighted by Gasteiger charge is -2.27. The predicted octanol–water partition coefficient (Wildman–Crippen LogP) is 5.98. The summed E-state index contributed by atoms with van der Waals surface area (Å²) in [7, 11) is -4.19. The van der Waals surface area contributed by atoms with E-state index in [2.05, 4.69) is 15.4 Å². The van der Waals surface area contributed by atoms with Crippen LogP contribution in [0.15, 0.2) is 52.7 Å². The van der Waals surface area contributed by atoms with E-state index in [0.29, 0.717) is 36.3 Å². The van der Waals surface area contributed by atoms with Crippen molar-refractivity contribution in [3.05, 3.63) is 58.4 Å². The Balaban J connectivity index is 1.63. The number of amides is 1. The van der Waals surface area contributed by atoms with Gasteiger partial charge in [0.2, 0.25) is 5.91 Å². The number of rotatable bonds is 7. The number of carbonyl (C=O) groups excluding carboxylic acids is 1. The van der Waals surface area contributed by atoms with Crippen LogP contribution in [0.1, 0.15) is 25.8 Å². The molecule has 0 aliphatic carbocycles. The first-order valence-electron chi connectivity index (χ1n) is 11.1. The maximum Gasteiger partial charge on any atom is 0.419 e. The van der Waals surface area contributed by atoms with E-state index in [9.17, 15) is 26.4 Å². The van der Waals surface area contributed by atoms with Gasteiger partial charge in [0.25, 0.3) is 10.0 Å². The molecule has 4 rings (SSSR count). The number of carbonyl (C=O) groups is 1. The van der Waals surface area contributed by atoms with E-state index in [1.54, 1.807) is 31.2 Å². The van der Waals surface area contributed by atoms with Gasteiger partial charge < -0.3 is 15.4 Å². The molecule has 7 nitrogen and oxygen atoms in total. The monoisotopic (exact) mass is 573 g/mol. The third-order valence-corrected chi connectivity index (χ3v) is 8.86. The molecule has 13 heteroatoms. The van der Waals surface area contributed by atoms with Gasteiger partial charge in [-0.25, -0.2) is 8.42 Å². The van der Waals surface area contributed by atoms with Gasteiger partial charge in [0.1, 0.15) is 19.9 Å². The Labute approximate surface area is 221 Å². The summed E-state index contributed by atoms with van der Waals surface area (Å²) in [6.07, 6.45) is -4.18. The fraction of sp³-hybridized carbons (Fsp3) is 0.292. The summed E-state index contributed by atoms with van der Waals surface area (Å²) in [4.78, 5) is 11.4. The van der Waals surface area contributed by atoms with Crippen LogP contribution in [0.3, 0.4) is 0 Å². The highest BCUT2D eigenvalue weighted by molar-refractivity contribution is 7.94. The third-order valence-electron chi connectivity index (χ3n) is 5.65. The van der Waals surface area contributed by atoms with Crippen LogP contribution >= 0.6 is 22.9 Å². The highest BCUT2D eigenvalue weighted by atomic mass is 35.5. The molecule has 1 fully saturated rings. The van der Waals surface area contributed by atoms with E-state index in [0.717, 1.165) is 29.5 Å². The lowest BCUT2D eigenvalue weighted by Crippen LogP contribution is -2.35. The van der Waals surface area contributed by atoms with Crippen LogP contribution in [0.5, 0.6) is 5.75 Å². The maximum absolute atomic E-state index is 13.6. The molecule has 1 saturated heterocycles. The van der Waals surface area contributed by atoms with Gasteiger partial charge in [-0.15, -0.1) is 11.3 Å². The van der Waals surface area contributed by atoms with Gasteiger partial charge in [0, 0.05) is 37.2 Å². The second kappa shape index (κ2) is 10.2. The Morgan fingerprint density at radius 2 is 1.92 bits per heavy atom. The normalized spacial score (nSPS) is 18.0. The molecule has 1 atom stereocenters. The Morgan fingerprint density at radius 3 is 2.57 bits per heavy atom. The zero-order valence-corrected chi connectivity index (χ0v) is 22.1. The van der Waals surface area contributed by atoms with Gasteiger partial charge in [-0.05, 0) is 49.4 Å². The molecule has 198 valence electrons. The van der Waals surface area contributed by atoms with Crippen LogP contribution in [-0.4, -0.2) is 33.0 Å². The number of halogens is 4. The van der Waals surface area contributed by atoms with Crippen LogP contribution in [-0.2, 0) is 21.0 Å². The van der Waals surface area contributed by atoms with Crippen molar-refractivity contribution in [2.24, 2.45) is 0 Å². The Bertz CT molecular complexity index is 1440. The summed E-state index contributed by atoms with van der Waals surface area (Å²) in [6.45, 7) is 4.02. The molecule has 3 aromatic rings. The average molecular weight is 574 g/mol. The van der Waals surface area contributed by atoms with Crippen molar-refractivity contribution in [1.82, 2.24) is 5.32 Å². The quantitative estimate of drug-likeness (QED) is 0.323. The summed E-state index contributed by atoms with van der Waals surface area (Å²) in [5.74, 6) is -0.724. The predicted molar refractivity (Wildman–Crippen MR) is 138 cm³/mol. The van der Waals surface area contributed by atoms with E-state index in [4.69, 9.17) is 16.3 Å². The van der Waals surface area contributed by atoms with Crippen LogP contribution in [0.4, 0.5) is 24.5 Å². The number of hydrogen-bond donors (Lipinski definition) is 3. The van der Waals surface area contributed by atoms with Crippen LogP contribution in [0, 0.1) is 0 Å². The van der Waals surface area contributed by atoms with Crippen LogP contribution < -0.4 is 20.1 Å². The molecule has 2 aromatic carbocycles. The second-order valence-corrected chi connectivity index (χ2v) is 12.4. The minimum absolute atomic E-state index is 0.0868. The number of ether oxygens (including phenoxy) is 1. The molecule has 1 aromatic heterocycles. The maximum atomic E-state index is 13.6. The van der Waals surface area contributed by atoms with E-state index >= 15 is 0 Å². The minimum Gasteiger partial charge on any atom is -0.485 e. The van der Waals surface area contributed by atoms with Crippen molar-refractivity contribution in [2.75, 3.05) is 23.1 Å².